The van der Waals surface area contributed by atoms with Gasteiger partial charge in [-0.05, 0) is 36.8 Å². The Morgan fingerprint density at radius 1 is 1.04 bits per heavy atom. The Bertz CT molecular complexity index is 849. The van der Waals surface area contributed by atoms with Crippen molar-refractivity contribution in [2.45, 2.75) is 11.8 Å². The van der Waals surface area contributed by atoms with E-state index in [1.807, 2.05) is 31.2 Å². The van der Waals surface area contributed by atoms with E-state index < -0.39 is 10.0 Å². The fourth-order valence-corrected chi connectivity index (χ4v) is 4.68. The van der Waals surface area contributed by atoms with Gasteiger partial charge in [0, 0.05) is 32.7 Å². The summed E-state index contributed by atoms with van der Waals surface area (Å²) < 4.78 is 32.8. The lowest BCUT2D eigenvalue weighted by atomic mass is 10.2. The molecule has 0 N–H and O–H groups in total. The first-order chi connectivity index (χ1) is 12.5. The van der Waals surface area contributed by atoms with Gasteiger partial charge in [-0.1, -0.05) is 35.9 Å². The van der Waals surface area contributed by atoms with Gasteiger partial charge < -0.3 is 4.74 Å². The number of hydrogen-bond acceptors (Lipinski definition) is 4. The van der Waals surface area contributed by atoms with Crippen LogP contribution in [-0.2, 0) is 10.0 Å². The van der Waals surface area contributed by atoms with Crippen molar-refractivity contribution in [1.82, 2.24) is 9.21 Å². The predicted molar refractivity (Wildman–Crippen MR) is 103 cm³/mol. The molecular formula is C19H23ClN2O3S. The fourth-order valence-electron chi connectivity index (χ4n) is 2.96. The van der Waals surface area contributed by atoms with Crippen molar-refractivity contribution >= 4 is 21.6 Å². The molecule has 7 heteroatoms. The van der Waals surface area contributed by atoms with E-state index in [0.717, 1.165) is 12.1 Å². The first kappa shape index (κ1) is 19.2. The molecule has 1 fully saturated rings. The maximum Gasteiger partial charge on any atom is 0.243 e. The summed E-state index contributed by atoms with van der Waals surface area (Å²) in [6.07, 6.45) is 0. The summed E-state index contributed by atoms with van der Waals surface area (Å²) in [6.45, 7) is 5.52. The monoisotopic (exact) mass is 394 g/mol. The summed E-state index contributed by atoms with van der Waals surface area (Å²) in [7, 11) is -3.42. The van der Waals surface area contributed by atoms with Gasteiger partial charge in [0.05, 0.1) is 9.92 Å². The molecule has 0 saturated carbocycles. The molecule has 0 spiro atoms. The molecule has 2 aromatic carbocycles. The van der Waals surface area contributed by atoms with Crippen LogP contribution in [0.15, 0.2) is 53.4 Å². The van der Waals surface area contributed by atoms with Gasteiger partial charge >= 0.3 is 0 Å². The molecule has 140 valence electrons. The van der Waals surface area contributed by atoms with Gasteiger partial charge in [0.25, 0.3) is 0 Å². The van der Waals surface area contributed by atoms with Crippen LogP contribution in [0.5, 0.6) is 5.75 Å². The standard InChI is InChI=1S/C19H23ClN2O3S/c1-16-5-4-6-17(15-16)26(23,24)22-11-9-21(10-12-22)13-14-25-19-8-3-2-7-18(19)20/h2-8,15H,9-14H2,1H3. The van der Waals surface area contributed by atoms with E-state index >= 15 is 0 Å². The Kier molecular flexibility index (Phi) is 6.19. The largest absolute Gasteiger partial charge is 0.491 e. The number of halogens is 1. The quantitative estimate of drug-likeness (QED) is 0.755. The summed E-state index contributed by atoms with van der Waals surface area (Å²) >= 11 is 6.07. The number of rotatable bonds is 6. The zero-order valence-corrected chi connectivity index (χ0v) is 16.3. The average molecular weight is 395 g/mol. The van der Waals surface area contributed by atoms with Crippen molar-refractivity contribution in [3.8, 4) is 5.75 Å². The third-order valence-electron chi connectivity index (χ3n) is 4.46. The van der Waals surface area contributed by atoms with Crippen LogP contribution in [-0.4, -0.2) is 57.0 Å². The fraction of sp³-hybridized carbons (Fsp3) is 0.368. The van der Waals surface area contributed by atoms with Gasteiger partial charge in [0.2, 0.25) is 10.0 Å². The Balaban J connectivity index is 1.50. The van der Waals surface area contributed by atoms with Crippen LogP contribution in [0.25, 0.3) is 0 Å². The lowest BCUT2D eigenvalue weighted by molar-refractivity contribution is 0.159. The minimum absolute atomic E-state index is 0.369. The number of benzene rings is 2. The highest BCUT2D eigenvalue weighted by molar-refractivity contribution is 7.89. The molecule has 0 radical (unpaired) electrons. The molecule has 26 heavy (non-hydrogen) atoms. The van der Waals surface area contributed by atoms with E-state index in [-0.39, 0.29) is 0 Å². The van der Waals surface area contributed by atoms with Crippen molar-refractivity contribution in [2.75, 3.05) is 39.3 Å². The van der Waals surface area contributed by atoms with Crippen LogP contribution >= 0.6 is 11.6 Å². The first-order valence-corrected chi connectivity index (χ1v) is 10.4. The zero-order chi connectivity index (χ0) is 18.6. The normalized spacial score (nSPS) is 16.5. The lowest BCUT2D eigenvalue weighted by Crippen LogP contribution is -2.49. The van der Waals surface area contributed by atoms with Gasteiger partial charge in [0.1, 0.15) is 12.4 Å². The van der Waals surface area contributed by atoms with Gasteiger partial charge in [-0.15, -0.1) is 0 Å². The van der Waals surface area contributed by atoms with E-state index in [2.05, 4.69) is 4.90 Å². The van der Waals surface area contributed by atoms with Crippen LogP contribution in [0.3, 0.4) is 0 Å². The number of nitrogens with zero attached hydrogens (tertiary/aromatic N) is 2. The van der Waals surface area contributed by atoms with Crippen molar-refractivity contribution in [3.05, 3.63) is 59.1 Å². The molecule has 1 heterocycles. The predicted octanol–water partition coefficient (Wildman–Crippen LogP) is 3.03. The Labute approximate surface area is 160 Å². The van der Waals surface area contributed by atoms with Crippen molar-refractivity contribution < 1.29 is 13.2 Å². The maximum absolute atomic E-state index is 12.8. The molecule has 0 bridgehead atoms. The summed E-state index contributed by atoms with van der Waals surface area (Å²) in [6, 6.07) is 14.4. The number of ether oxygens (including phenoxy) is 1. The highest BCUT2D eigenvalue weighted by Crippen LogP contribution is 2.23. The smallest absolute Gasteiger partial charge is 0.243 e. The molecule has 0 aliphatic carbocycles. The summed E-state index contributed by atoms with van der Waals surface area (Å²) in [5, 5.41) is 0.599. The second kappa shape index (κ2) is 8.39. The number of para-hydroxylation sites is 1. The van der Waals surface area contributed by atoms with Crippen molar-refractivity contribution in [2.24, 2.45) is 0 Å². The summed E-state index contributed by atoms with van der Waals surface area (Å²) in [5.74, 6) is 0.676. The number of hydrogen-bond donors (Lipinski definition) is 0. The van der Waals surface area contributed by atoms with E-state index in [9.17, 15) is 8.42 Å². The third kappa shape index (κ3) is 4.57. The van der Waals surface area contributed by atoms with E-state index in [1.54, 1.807) is 28.6 Å². The molecule has 1 saturated heterocycles. The molecule has 0 atom stereocenters. The van der Waals surface area contributed by atoms with E-state index in [1.165, 1.54) is 0 Å². The highest BCUT2D eigenvalue weighted by Gasteiger charge is 2.28. The van der Waals surface area contributed by atoms with E-state index in [4.69, 9.17) is 16.3 Å². The topological polar surface area (TPSA) is 49.9 Å². The van der Waals surface area contributed by atoms with Gasteiger partial charge in [-0.2, -0.15) is 4.31 Å². The number of piperazine rings is 1. The minimum Gasteiger partial charge on any atom is -0.491 e. The molecule has 5 nitrogen and oxygen atoms in total. The highest BCUT2D eigenvalue weighted by atomic mass is 35.5. The molecule has 0 unspecified atom stereocenters. The molecule has 1 aliphatic heterocycles. The Morgan fingerprint density at radius 3 is 2.46 bits per heavy atom. The molecule has 1 aliphatic rings. The number of sulfonamides is 1. The average Bonchev–Trinajstić information content (AvgIpc) is 2.64. The second-order valence-corrected chi connectivity index (χ2v) is 8.69. The van der Waals surface area contributed by atoms with Crippen LogP contribution in [0.4, 0.5) is 0 Å². The van der Waals surface area contributed by atoms with Crippen LogP contribution in [0.1, 0.15) is 5.56 Å². The Morgan fingerprint density at radius 2 is 1.77 bits per heavy atom. The molecule has 2 aromatic rings. The van der Waals surface area contributed by atoms with Gasteiger partial charge in [-0.3, -0.25) is 4.90 Å². The molecular weight excluding hydrogens is 372 g/mol. The van der Waals surface area contributed by atoms with Crippen molar-refractivity contribution in [3.63, 3.8) is 0 Å². The van der Waals surface area contributed by atoms with Gasteiger partial charge in [-0.25, -0.2) is 8.42 Å². The summed E-state index contributed by atoms with van der Waals surface area (Å²) in [4.78, 5) is 2.58. The maximum atomic E-state index is 12.8. The molecule has 3 rings (SSSR count). The summed E-state index contributed by atoms with van der Waals surface area (Å²) in [5.41, 5.74) is 0.946. The zero-order valence-electron chi connectivity index (χ0n) is 14.8. The second-order valence-electron chi connectivity index (χ2n) is 6.34. The van der Waals surface area contributed by atoms with Crippen LogP contribution < -0.4 is 4.74 Å². The van der Waals surface area contributed by atoms with Crippen LogP contribution in [0.2, 0.25) is 5.02 Å². The Hall–Kier alpha value is -1.60. The molecule has 0 amide bonds. The van der Waals surface area contributed by atoms with Crippen LogP contribution in [0, 0.1) is 6.92 Å². The third-order valence-corrected chi connectivity index (χ3v) is 6.67. The SMILES string of the molecule is Cc1cccc(S(=O)(=O)N2CCN(CCOc3ccccc3Cl)CC2)c1. The van der Waals surface area contributed by atoms with Gasteiger partial charge in [0.15, 0.2) is 0 Å². The van der Waals surface area contributed by atoms with Crippen molar-refractivity contribution in [1.29, 1.82) is 0 Å². The lowest BCUT2D eigenvalue weighted by Gasteiger charge is -2.33. The molecule has 0 aromatic heterocycles. The van der Waals surface area contributed by atoms with E-state index in [0.29, 0.717) is 48.5 Å². The number of aryl methyl sites for hydroxylation is 1. The first-order valence-electron chi connectivity index (χ1n) is 8.63. The minimum atomic E-state index is -3.42.